The fourth-order valence-corrected chi connectivity index (χ4v) is 0.659. The van der Waals surface area contributed by atoms with Crippen molar-refractivity contribution in [3.8, 4) is 0 Å². The van der Waals surface area contributed by atoms with Crippen molar-refractivity contribution >= 4 is 0 Å². The first kappa shape index (κ1) is 15.3. The number of hydrogen-bond acceptors (Lipinski definition) is 4. The minimum atomic E-state index is 0.392. The van der Waals surface area contributed by atoms with Crippen LogP contribution in [0.2, 0.25) is 0 Å². The van der Waals surface area contributed by atoms with Crippen LogP contribution in [0.3, 0.4) is 0 Å². The van der Waals surface area contributed by atoms with E-state index in [0.29, 0.717) is 18.8 Å². The third-order valence-corrected chi connectivity index (χ3v) is 1.58. The molecule has 2 heterocycles. The molecule has 2 rings (SSSR count). The quantitative estimate of drug-likeness (QED) is 0.567. The molecule has 2 aliphatic heterocycles. The van der Waals surface area contributed by atoms with Crippen molar-refractivity contribution < 1.29 is 14.2 Å². The zero-order valence-corrected chi connectivity index (χ0v) is 10.1. The van der Waals surface area contributed by atoms with Crippen molar-refractivity contribution in [2.45, 2.75) is 19.1 Å². The number of allylic oxidation sites excluding steroid dienone is 1. The van der Waals surface area contributed by atoms with Gasteiger partial charge in [-0.1, -0.05) is 12.2 Å². The lowest BCUT2D eigenvalue weighted by Gasteiger charge is -1.95. The van der Waals surface area contributed by atoms with Crippen LogP contribution in [0.5, 0.6) is 0 Å². The highest BCUT2D eigenvalue weighted by Crippen LogP contribution is 2.12. The fourth-order valence-electron chi connectivity index (χ4n) is 0.659. The Morgan fingerprint density at radius 2 is 1.56 bits per heavy atom. The minimum Gasteiger partial charge on any atom is -0.376 e. The Morgan fingerprint density at radius 1 is 1.25 bits per heavy atom. The third kappa shape index (κ3) is 13.3. The van der Waals surface area contributed by atoms with E-state index in [0.717, 1.165) is 26.4 Å². The second-order valence-electron chi connectivity index (χ2n) is 3.38. The van der Waals surface area contributed by atoms with Gasteiger partial charge in [0.25, 0.3) is 0 Å². The monoisotopic (exact) mass is 229 g/mol. The van der Waals surface area contributed by atoms with E-state index in [2.05, 4.69) is 13.2 Å². The molecule has 0 spiro atoms. The van der Waals surface area contributed by atoms with Gasteiger partial charge in [0.15, 0.2) is 0 Å². The molecular weight excluding hydrogens is 206 g/mol. The van der Waals surface area contributed by atoms with Gasteiger partial charge in [0, 0.05) is 6.54 Å². The van der Waals surface area contributed by atoms with Gasteiger partial charge < -0.3 is 19.9 Å². The smallest absolute Gasteiger partial charge is 0.104 e. The first-order valence-corrected chi connectivity index (χ1v) is 5.47. The molecule has 0 radical (unpaired) electrons. The Balaban J connectivity index is 0.000000275. The molecule has 2 fully saturated rings. The highest BCUT2D eigenvalue weighted by Gasteiger charge is 2.26. The van der Waals surface area contributed by atoms with Gasteiger partial charge in [-0.25, -0.2) is 0 Å². The fraction of sp³-hybridized carbons (Fsp3) is 0.667. The predicted molar refractivity (Wildman–Crippen MR) is 65.4 cm³/mol. The number of hydrogen-bond donors (Lipinski definition) is 1. The zero-order valence-electron chi connectivity index (χ0n) is 10.1. The van der Waals surface area contributed by atoms with Gasteiger partial charge in [-0.15, -0.1) is 13.2 Å². The summed E-state index contributed by atoms with van der Waals surface area (Å²) in [5, 5.41) is 0. The van der Waals surface area contributed by atoms with Gasteiger partial charge in [0.2, 0.25) is 0 Å². The van der Waals surface area contributed by atoms with Crippen molar-refractivity contribution in [3.05, 3.63) is 25.3 Å². The van der Waals surface area contributed by atoms with Crippen LogP contribution in [-0.2, 0) is 14.2 Å². The van der Waals surface area contributed by atoms with Gasteiger partial charge in [0.1, 0.15) is 12.2 Å². The average molecular weight is 229 g/mol. The molecule has 0 amide bonds. The summed E-state index contributed by atoms with van der Waals surface area (Å²) in [7, 11) is 0. The highest BCUT2D eigenvalue weighted by atomic mass is 16.6. The molecule has 2 atom stereocenters. The summed E-state index contributed by atoms with van der Waals surface area (Å²) in [5.74, 6) is 0. The van der Waals surface area contributed by atoms with E-state index in [1.165, 1.54) is 0 Å². The van der Waals surface area contributed by atoms with Crippen LogP contribution >= 0.6 is 0 Å². The van der Waals surface area contributed by atoms with E-state index in [4.69, 9.17) is 19.9 Å². The first-order chi connectivity index (χ1) is 7.78. The number of rotatable bonds is 5. The van der Waals surface area contributed by atoms with Crippen LogP contribution in [0.4, 0.5) is 0 Å². The van der Waals surface area contributed by atoms with Crippen LogP contribution in [0, 0.1) is 0 Å². The lowest BCUT2D eigenvalue weighted by atomic mass is 10.5. The van der Waals surface area contributed by atoms with E-state index in [-0.39, 0.29) is 0 Å². The standard InChI is InChI=1S/C6H10O3.C3H7N.C3H6/c1(5-3-8-5)7-2-6-4-9-6;1-2-3-4;1-3-2/h5-6H,1-4H2;2H,1,3-4H2;3H,1H2,2H3. The normalized spacial score (nSPS) is 24.1. The molecule has 0 aromatic heterocycles. The summed E-state index contributed by atoms with van der Waals surface area (Å²) >= 11 is 0. The summed E-state index contributed by atoms with van der Waals surface area (Å²) in [6.07, 6.45) is 4.19. The van der Waals surface area contributed by atoms with Crippen LogP contribution in [-0.4, -0.2) is 45.2 Å². The Morgan fingerprint density at radius 3 is 1.75 bits per heavy atom. The van der Waals surface area contributed by atoms with Crippen molar-refractivity contribution in [2.24, 2.45) is 5.73 Å². The first-order valence-electron chi connectivity index (χ1n) is 5.47. The van der Waals surface area contributed by atoms with Crippen LogP contribution in [0.25, 0.3) is 0 Å². The topological polar surface area (TPSA) is 60.3 Å². The van der Waals surface area contributed by atoms with Crippen molar-refractivity contribution in [2.75, 3.05) is 33.0 Å². The lowest BCUT2D eigenvalue weighted by molar-refractivity contribution is 0.102. The molecular formula is C12H23NO3. The van der Waals surface area contributed by atoms with Gasteiger partial charge in [-0.3, -0.25) is 0 Å². The van der Waals surface area contributed by atoms with E-state index in [1.807, 2.05) is 6.92 Å². The summed E-state index contributed by atoms with van der Waals surface area (Å²) in [5.41, 5.74) is 4.91. The van der Waals surface area contributed by atoms with Gasteiger partial charge >= 0.3 is 0 Å². The molecule has 0 aromatic carbocycles. The molecule has 94 valence electrons. The average Bonchev–Trinajstić information content (AvgIpc) is 3.13. The molecule has 4 nitrogen and oxygen atoms in total. The molecule has 0 saturated carbocycles. The van der Waals surface area contributed by atoms with E-state index >= 15 is 0 Å². The van der Waals surface area contributed by atoms with Gasteiger partial charge in [0.05, 0.1) is 26.4 Å². The highest BCUT2D eigenvalue weighted by molar-refractivity contribution is 4.71. The largest absolute Gasteiger partial charge is 0.376 e. The molecule has 2 N–H and O–H groups in total. The summed E-state index contributed by atoms with van der Waals surface area (Å²) in [6, 6.07) is 0. The van der Waals surface area contributed by atoms with Crippen LogP contribution in [0.1, 0.15) is 6.92 Å². The van der Waals surface area contributed by atoms with Crippen molar-refractivity contribution in [1.29, 1.82) is 0 Å². The molecule has 2 unspecified atom stereocenters. The Hall–Kier alpha value is -0.680. The molecule has 16 heavy (non-hydrogen) atoms. The summed E-state index contributed by atoms with van der Waals surface area (Å²) in [6.45, 7) is 12.4. The molecule has 0 aliphatic carbocycles. The minimum absolute atomic E-state index is 0.392. The number of ether oxygens (including phenoxy) is 3. The number of nitrogens with two attached hydrogens (primary N) is 1. The molecule has 4 heteroatoms. The molecule has 0 aromatic rings. The van der Waals surface area contributed by atoms with Gasteiger partial charge in [-0.05, 0) is 6.92 Å². The maximum Gasteiger partial charge on any atom is 0.104 e. The van der Waals surface area contributed by atoms with E-state index in [1.54, 1.807) is 12.2 Å². The second kappa shape index (κ2) is 10.8. The summed E-state index contributed by atoms with van der Waals surface area (Å²) < 4.78 is 15.1. The zero-order chi connectivity index (χ0) is 12.2. The predicted octanol–water partition coefficient (Wildman–Crippen LogP) is 1.12. The van der Waals surface area contributed by atoms with Crippen molar-refractivity contribution in [1.82, 2.24) is 0 Å². The maximum absolute atomic E-state index is 5.23. The van der Waals surface area contributed by atoms with E-state index < -0.39 is 0 Å². The molecule has 2 aliphatic rings. The Bertz CT molecular complexity index is 165. The molecule has 2 saturated heterocycles. The number of epoxide rings is 2. The van der Waals surface area contributed by atoms with Crippen LogP contribution in [0.15, 0.2) is 25.3 Å². The lowest BCUT2D eigenvalue weighted by Crippen LogP contribution is -2.06. The summed E-state index contributed by atoms with van der Waals surface area (Å²) in [4.78, 5) is 0. The maximum atomic E-state index is 5.23. The molecule has 0 bridgehead atoms. The SMILES string of the molecule is C(OCC1CO1)C1CO1.C=CC.C=CCN. The van der Waals surface area contributed by atoms with Crippen molar-refractivity contribution in [3.63, 3.8) is 0 Å². The third-order valence-electron chi connectivity index (χ3n) is 1.58. The van der Waals surface area contributed by atoms with Gasteiger partial charge in [-0.2, -0.15) is 0 Å². The van der Waals surface area contributed by atoms with E-state index in [9.17, 15) is 0 Å². The second-order valence-corrected chi connectivity index (χ2v) is 3.38. The van der Waals surface area contributed by atoms with Crippen LogP contribution < -0.4 is 5.73 Å². The Kier molecular flexibility index (Phi) is 10.4. The Labute approximate surface area is 98.1 Å².